The first-order chi connectivity index (χ1) is 12.9. The third-order valence-corrected chi connectivity index (χ3v) is 4.72. The number of anilines is 1. The topological polar surface area (TPSA) is 87.9 Å². The molecule has 1 aromatic heterocycles. The maximum Gasteiger partial charge on any atom is 0.325 e. The number of carboxylic acids is 1. The first kappa shape index (κ1) is 18.8. The number of aromatic nitrogens is 2. The van der Waals surface area contributed by atoms with Crippen LogP contribution in [0.5, 0.6) is 5.75 Å². The Morgan fingerprint density at radius 2 is 1.96 bits per heavy atom. The monoisotopic (exact) mass is 376 g/mol. The van der Waals surface area contributed by atoms with Crippen LogP contribution in [0.4, 0.5) is 10.1 Å². The Hall–Kier alpha value is -2.94. The summed E-state index contributed by atoms with van der Waals surface area (Å²) in [6.07, 6.45) is 1.61. The van der Waals surface area contributed by atoms with E-state index in [1.54, 1.807) is 18.1 Å². The quantitative estimate of drug-likeness (QED) is 0.829. The molecule has 0 spiro atoms. The number of hydrogen-bond acceptors (Lipinski definition) is 6. The molecule has 3 rings (SSSR count). The van der Waals surface area contributed by atoms with Crippen molar-refractivity contribution >= 4 is 11.7 Å². The highest BCUT2D eigenvalue weighted by Gasteiger charge is 2.33. The van der Waals surface area contributed by atoms with Gasteiger partial charge < -0.3 is 14.7 Å². The number of aryl methyl sites for hydroxylation is 1. The number of carboxylic acid groups (broad SMARTS) is 1. The lowest BCUT2D eigenvalue weighted by atomic mass is 10.0. The Morgan fingerprint density at radius 1 is 1.26 bits per heavy atom. The summed E-state index contributed by atoms with van der Waals surface area (Å²) in [6.45, 7) is 1.92. The van der Waals surface area contributed by atoms with Gasteiger partial charge in [-0.3, -0.25) is 14.5 Å². The third kappa shape index (κ3) is 3.92. The largest absolute Gasteiger partial charge is 0.496 e. The number of hydrogen-bond donors (Lipinski definition) is 1. The fourth-order valence-electron chi connectivity index (χ4n) is 3.28. The number of halogens is 1. The minimum atomic E-state index is -1.07. The van der Waals surface area contributed by atoms with Gasteiger partial charge in [-0.2, -0.15) is 5.10 Å². The van der Waals surface area contributed by atoms with Crippen molar-refractivity contribution in [1.82, 2.24) is 14.7 Å². The predicted octanol–water partition coefficient (Wildman–Crippen LogP) is 0.876. The molecular formula is C18H21FN4O4. The summed E-state index contributed by atoms with van der Waals surface area (Å²) in [5.41, 5.74) is 0.782. The average molecular weight is 376 g/mol. The van der Waals surface area contributed by atoms with E-state index in [1.165, 1.54) is 36.1 Å². The molecule has 0 amide bonds. The smallest absolute Gasteiger partial charge is 0.325 e. The Kier molecular flexibility index (Phi) is 5.41. The van der Waals surface area contributed by atoms with E-state index in [-0.39, 0.29) is 11.1 Å². The fraction of sp³-hybridized carbons (Fsp3) is 0.389. The lowest BCUT2D eigenvalue weighted by Gasteiger charge is -2.38. The Morgan fingerprint density at radius 3 is 2.56 bits per heavy atom. The summed E-state index contributed by atoms with van der Waals surface area (Å²) < 4.78 is 20.2. The van der Waals surface area contributed by atoms with Crippen molar-refractivity contribution in [2.45, 2.75) is 6.04 Å². The van der Waals surface area contributed by atoms with Gasteiger partial charge in [0.05, 0.1) is 19.0 Å². The van der Waals surface area contributed by atoms with Crippen molar-refractivity contribution in [3.8, 4) is 5.75 Å². The second-order valence-electron chi connectivity index (χ2n) is 6.33. The maximum absolute atomic E-state index is 13.7. The van der Waals surface area contributed by atoms with Crippen LogP contribution in [0.3, 0.4) is 0 Å². The SMILES string of the molecule is COc1ccc(F)cc1C(C(=O)O)N1CCN(c2cnn(C)c(=O)c2)CC1. The number of piperazine rings is 1. The normalized spacial score (nSPS) is 16.2. The molecule has 1 aliphatic rings. The molecule has 0 aliphatic carbocycles. The van der Waals surface area contributed by atoms with Gasteiger partial charge in [0.15, 0.2) is 0 Å². The summed E-state index contributed by atoms with van der Waals surface area (Å²) in [5.74, 6) is -1.24. The highest BCUT2D eigenvalue weighted by molar-refractivity contribution is 5.77. The second kappa shape index (κ2) is 7.75. The first-order valence-electron chi connectivity index (χ1n) is 8.49. The Balaban J connectivity index is 1.80. The van der Waals surface area contributed by atoms with E-state index in [9.17, 15) is 19.1 Å². The Bertz CT molecular complexity index is 893. The molecule has 8 nitrogen and oxygen atoms in total. The Labute approximate surface area is 155 Å². The summed E-state index contributed by atoms with van der Waals surface area (Å²) in [6, 6.07) is 4.37. The number of nitrogens with zero attached hydrogens (tertiary/aromatic N) is 4. The minimum Gasteiger partial charge on any atom is -0.496 e. The van der Waals surface area contributed by atoms with Crippen LogP contribution in [0.15, 0.2) is 35.3 Å². The molecular weight excluding hydrogens is 355 g/mol. The molecule has 1 unspecified atom stereocenters. The molecule has 1 fully saturated rings. The second-order valence-corrected chi connectivity index (χ2v) is 6.33. The van der Waals surface area contributed by atoms with E-state index >= 15 is 0 Å². The van der Waals surface area contributed by atoms with E-state index in [4.69, 9.17) is 4.74 Å². The third-order valence-electron chi connectivity index (χ3n) is 4.72. The average Bonchev–Trinajstić information content (AvgIpc) is 2.65. The van der Waals surface area contributed by atoms with E-state index in [1.807, 2.05) is 4.90 Å². The molecule has 1 N–H and O–H groups in total. The van der Waals surface area contributed by atoms with Gasteiger partial charge in [0.2, 0.25) is 0 Å². The van der Waals surface area contributed by atoms with Crippen molar-refractivity contribution in [3.63, 3.8) is 0 Å². The lowest BCUT2D eigenvalue weighted by molar-refractivity contribution is -0.143. The fourth-order valence-corrected chi connectivity index (χ4v) is 3.28. The molecule has 9 heteroatoms. The van der Waals surface area contributed by atoms with Crippen molar-refractivity contribution in [2.75, 3.05) is 38.2 Å². The highest BCUT2D eigenvalue weighted by atomic mass is 19.1. The van der Waals surface area contributed by atoms with Crippen molar-refractivity contribution in [2.24, 2.45) is 7.05 Å². The first-order valence-corrected chi connectivity index (χ1v) is 8.49. The molecule has 0 bridgehead atoms. The van der Waals surface area contributed by atoms with Gasteiger partial charge in [-0.25, -0.2) is 9.07 Å². The number of methoxy groups -OCH3 is 1. The van der Waals surface area contributed by atoms with Crippen LogP contribution in [0.1, 0.15) is 11.6 Å². The number of benzene rings is 1. The van der Waals surface area contributed by atoms with Crippen molar-refractivity contribution in [1.29, 1.82) is 0 Å². The standard InChI is InChI=1S/C18H21FN4O4/c1-21-16(24)10-13(11-20-21)22-5-7-23(8-6-22)17(18(25)26)14-9-12(19)3-4-15(14)27-2/h3-4,9-11,17H,5-8H2,1-2H3,(H,25,26). The van der Waals surface area contributed by atoms with Crippen LogP contribution in [-0.4, -0.2) is 59.0 Å². The van der Waals surface area contributed by atoms with Crippen molar-refractivity contribution in [3.05, 3.63) is 52.2 Å². The van der Waals surface area contributed by atoms with Gasteiger partial charge in [-0.05, 0) is 18.2 Å². The number of carbonyl (C=O) groups is 1. The van der Waals surface area contributed by atoms with Gasteiger partial charge in [0.25, 0.3) is 5.56 Å². The molecule has 1 aromatic carbocycles. The van der Waals surface area contributed by atoms with Crippen LogP contribution in [0, 0.1) is 5.82 Å². The highest BCUT2D eigenvalue weighted by Crippen LogP contribution is 2.31. The van der Waals surface area contributed by atoms with Crippen molar-refractivity contribution < 1.29 is 19.0 Å². The summed E-state index contributed by atoms with van der Waals surface area (Å²) in [7, 11) is 3.00. The minimum absolute atomic E-state index is 0.206. The van der Waals surface area contributed by atoms with Crippen LogP contribution in [-0.2, 0) is 11.8 Å². The van der Waals surface area contributed by atoms with Crippen LogP contribution < -0.4 is 15.2 Å². The predicted molar refractivity (Wildman–Crippen MR) is 96.6 cm³/mol. The number of ether oxygens (including phenoxy) is 1. The number of aliphatic carboxylic acids is 1. The van der Waals surface area contributed by atoms with E-state index < -0.39 is 17.8 Å². The molecule has 0 radical (unpaired) electrons. The summed E-state index contributed by atoms with van der Waals surface area (Å²) in [4.78, 5) is 27.4. The van der Waals surface area contributed by atoms with Gasteiger partial charge in [0, 0.05) is 44.9 Å². The van der Waals surface area contributed by atoms with Crippen LogP contribution in [0.2, 0.25) is 0 Å². The number of rotatable bonds is 5. The van der Waals surface area contributed by atoms with Gasteiger partial charge in [-0.15, -0.1) is 0 Å². The van der Waals surface area contributed by atoms with E-state index in [0.717, 1.165) is 0 Å². The summed E-state index contributed by atoms with van der Waals surface area (Å²) in [5, 5.41) is 13.8. The molecule has 1 saturated heterocycles. The van der Waals surface area contributed by atoms with Gasteiger partial charge in [0.1, 0.15) is 17.6 Å². The van der Waals surface area contributed by atoms with Gasteiger partial charge in [-0.1, -0.05) is 0 Å². The zero-order valence-corrected chi connectivity index (χ0v) is 15.1. The van der Waals surface area contributed by atoms with Crippen LogP contribution >= 0.6 is 0 Å². The molecule has 2 heterocycles. The summed E-state index contributed by atoms with van der Waals surface area (Å²) >= 11 is 0. The lowest BCUT2D eigenvalue weighted by Crippen LogP contribution is -2.49. The van der Waals surface area contributed by atoms with Crippen LogP contribution in [0.25, 0.3) is 0 Å². The van der Waals surface area contributed by atoms with Gasteiger partial charge >= 0.3 is 5.97 Å². The molecule has 2 aromatic rings. The zero-order valence-electron chi connectivity index (χ0n) is 15.1. The maximum atomic E-state index is 13.7. The molecule has 1 atom stereocenters. The molecule has 27 heavy (non-hydrogen) atoms. The van der Waals surface area contributed by atoms with E-state index in [2.05, 4.69) is 5.10 Å². The molecule has 0 saturated carbocycles. The van der Waals surface area contributed by atoms with E-state index in [0.29, 0.717) is 37.6 Å². The molecule has 144 valence electrons. The zero-order chi connectivity index (χ0) is 19.6. The molecule has 1 aliphatic heterocycles.